The fourth-order valence-corrected chi connectivity index (χ4v) is 3.63. The molecular weight excluding hydrogens is 449 g/mol. The summed E-state index contributed by atoms with van der Waals surface area (Å²) in [5.74, 6) is -1.35. The Hall–Kier alpha value is -3.67. The molecule has 0 aliphatic carbocycles. The van der Waals surface area contributed by atoms with Gasteiger partial charge in [0, 0.05) is 23.7 Å². The van der Waals surface area contributed by atoms with Gasteiger partial charge in [0.25, 0.3) is 11.8 Å². The molecule has 0 aliphatic rings. The zero-order valence-corrected chi connectivity index (χ0v) is 17.2. The van der Waals surface area contributed by atoms with Crippen LogP contribution in [-0.4, -0.2) is 34.8 Å². The van der Waals surface area contributed by atoms with Gasteiger partial charge in [-0.1, -0.05) is 0 Å². The Bertz CT molecular complexity index is 1070. The van der Waals surface area contributed by atoms with Crippen molar-refractivity contribution in [3.63, 3.8) is 0 Å². The first-order chi connectivity index (χ1) is 15.2. The van der Waals surface area contributed by atoms with E-state index in [4.69, 9.17) is 10.5 Å². The molecule has 2 amide bonds. The van der Waals surface area contributed by atoms with Crippen LogP contribution in [0.2, 0.25) is 0 Å². The van der Waals surface area contributed by atoms with Crippen molar-refractivity contribution in [1.29, 1.82) is 0 Å². The van der Waals surface area contributed by atoms with Crippen molar-refractivity contribution in [3.8, 4) is 11.5 Å². The molecule has 12 heteroatoms. The predicted molar refractivity (Wildman–Crippen MR) is 108 cm³/mol. The van der Waals surface area contributed by atoms with Crippen LogP contribution in [0.1, 0.15) is 25.9 Å². The van der Waals surface area contributed by atoms with E-state index in [1.807, 2.05) is 12.1 Å². The number of thiazole rings is 1. The second-order valence-corrected chi connectivity index (χ2v) is 7.53. The Morgan fingerprint density at radius 2 is 1.72 bits per heavy atom. The Morgan fingerprint density at radius 3 is 2.34 bits per heavy atom. The highest BCUT2D eigenvalue weighted by Gasteiger charge is 2.31. The van der Waals surface area contributed by atoms with E-state index in [0.717, 1.165) is 17.7 Å². The standard InChI is InChI=1S/C20H17F3N4O4S/c21-20(22,23)31-14-3-1-13(2-4-14)30-11-16(28)26-10-17-27-18(19(24)29)15(32-17)9-12-5-7-25-8-6-12/h1-8H,9-11H2,(H2,24,29)(H,26,28). The molecule has 0 fully saturated rings. The van der Waals surface area contributed by atoms with Crippen molar-refractivity contribution in [1.82, 2.24) is 15.3 Å². The molecule has 32 heavy (non-hydrogen) atoms. The molecule has 168 valence electrons. The van der Waals surface area contributed by atoms with E-state index in [1.54, 1.807) is 12.4 Å². The summed E-state index contributed by atoms with van der Waals surface area (Å²) in [7, 11) is 0. The average Bonchev–Trinajstić information content (AvgIpc) is 3.14. The van der Waals surface area contributed by atoms with Crippen LogP contribution in [0.4, 0.5) is 13.2 Å². The molecule has 3 aromatic rings. The van der Waals surface area contributed by atoms with Crippen LogP contribution in [0.25, 0.3) is 0 Å². The minimum Gasteiger partial charge on any atom is -0.484 e. The fraction of sp³-hybridized carbons (Fsp3) is 0.200. The minimum absolute atomic E-state index is 0.0574. The van der Waals surface area contributed by atoms with E-state index in [2.05, 4.69) is 20.0 Å². The topological polar surface area (TPSA) is 116 Å². The maximum atomic E-state index is 12.2. The highest BCUT2D eigenvalue weighted by molar-refractivity contribution is 7.12. The fourth-order valence-electron chi connectivity index (χ4n) is 2.59. The van der Waals surface area contributed by atoms with Gasteiger partial charge in [-0.25, -0.2) is 4.98 Å². The molecule has 3 N–H and O–H groups in total. The Balaban J connectivity index is 1.52. The summed E-state index contributed by atoms with van der Waals surface area (Å²) in [5.41, 5.74) is 6.49. The highest BCUT2D eigenvalue weighted by atomic mass is 32.1. The van der Waals surface area contributed by atoms with Crippen molar-refractivity contribution in [2.45, 2.75) is 19.3 Å². The third kappa shape index (κ3) is 6.94. The van der Waals surface area contributed by atoms with Crippen molar-refractivity contribution >= 4 is 23.2 Å². The second-order valence-electron chi connectivity index (χ2n) is 6.36. The molecule has 1 aromatic carbocycles. The number of primary amides is 1. The zero-order valence-electron chi connectivity index (χ0n) is 16.4. The number of alkyl halides is 3. The lowest BCUT2D eigenvalue weighted by molar-refractivity contribution is -0.274. The average molecular weight is 466 g/mol. The summed E-state index contributed by atoms with van der Waals surface area (Å²) >= 11 is 1.25. The maximum absolute atomic E-state index is 12.2. The number of nitrogens with zero attached hydrogens (tertiary/aromatic N) is 2. The number of nitrogens with two attached hydrogens (primary N) is 1. The maximum Gasteiger partial charge on any atom is 0.573 e. The van der Waals surface area contributed by atoms with E-state index < -0.39 is 23.9 Å². The van der Waals surface area contributed by atoms with Gasteiger partial charge in [-0.3, -0.25) is 14.6 Å². The van der Waals surface area contributed by atoms with Crippen LogP contribution in [0, 0.1) is 0 Å². The number of pyridine rings is 1. The summed E-state index contributed by atoms with van der Waals surface area (Å²) in [6.45, 7) is -0.306. The molecule has 2 heterocycles. The number of carbonyl (C=O) groups excluding carboxylic acids is 2. The second kappa shape index (κ2) is 10.1. The first kappa shape index (κ1) is 23.0. The van der Waals surface area contributed by atoms with Gasteiger partial charge in [0.15, 0.2) is 6.61 Å². The number of benzene rings is 1. The summed E-state index contributed by atoms with van der Waals surface area (Å²) < 4.78 is 45.5. The Morgan fingerprint density at radius 1 is 1.06 bits per heavy atom. The van der Waals surface area contributed by atoms with E-state index >= 15 is 0 Å². The van der Waals surface area contributed by atoms with Crippen molar-refractivity contribution < 1.29 is 32.2 Å². The molecule has 8 nitrogen and oxygen atoms in total. The molecular formula is C20H17F3N4O4S. The largest absolute Gasteiger partial charge is 0.573 e. The first-order valence-corrected chi connectivity index (χ1v) is 9.94. The van der Waals surface area contributed by atoms with Crippen LogP contribution < -0.4 is 20.5 Å². The van der Waals surface area contributed by atoms with Gasteiger partial charge < -0.3 is 20.5 Å². The first-order valence-electron chi connectivity index (χ1n) is 9.12. The van der Waals surface area contributed by atoms with Gasteiger partial charge in [-0.05, 0) is 42.0 Å². The van der Waals surface area contributed by atoms with Gasteiger partial charge in [0.05, 0.1) is 6.54 Å². The molecule has 0 unspecified atom stereocenters. The third-order valence-corrected chi connectivity index (χ3v) is 5.01. The van der Waals surface area contributed by atoms with Gasteiger partial charge in [-0.2, -0.15) is 0 Å². The molecule has 0 saturated carbocycles. The molecule has 0 radical (unpaired) electrons. The molecule has 0 atom stereocenters. The van der Waals surface area contributed by atoms with E-state index in [1.165, 1.54) is 23.5 Å². The number of rotatable bonds is 9. The van der Waals surface area contributed by atoms with Gasteiger partial charge in [-0.15, -0.1) is 24.5 Å². The van der Waals surface area contributed by atoms with Crippen LogP contribution in [0.5, 0.6) is 11.5 Å². The lowest BCUT2D eigenvalue weighted by Gasteiger charge is -2.10. The van der Waals surface area contributed by atoms with Crippen molar-refractivity contribution in [2.24, 2.45) is 5.73 Å². The monoisotopic (exact) mass is 466 g/mol. The third-order valence-electron chi connectivity index (χ3n) is 3.95. The normalized spacial score (nSPS) is 11.1. The van der Waals surface area contributed by atoms with Gasteiger partial charge in [0.1, 0.15) is 22.2 Å². The number of hydrogen-bond donors (Lipinski definition) is 2. The van der Waals surface area contributed by atoms with E-state index in [-0.39, 0.29) is 24.6 Å². The SMILES string of the molecule is NC(=O)c1nc(CNC(=O)COc2ccc(OC(F)(F)F)cc2)sc1Cc1ccncc1. The van der Waals surface area contributed by atoms with Crippen LogP contribution >= 0.6 is 11.3 Å². The van der Waals surface area contributed by atoms with Gasteiger partial charge in [0.2, 0.25) is 0 Å². The lowest BCUT2D eigenvalue weighted by Crippen LogP contribution is -2.28. The predicted octanol–water partition coefficient (Wildman–Crippen LogP) is 2.82. The zero-order chi connectivity index (χ0) is 23.1. The van der Waals surface area contributed by atoms with Crippen molar-refractivity contribution in [3.05, 3.63) is 69.9 Å². The number of aromatic nitrogens is 2. The molecule has 0 saturated heterocycles. The number of halogens is 3. The number of ether oxygens (including phenoxy) is 2. The molecule has 0 spiro atoms. The molecule has 0 bridgehead atoms. The van der Waals surface area contributed by atoms with Gasteiger partial charge >= 0.3 is 6.36 Å². The quantitative estimate of drug-likeness (QED) is 0.501. The smallest absolute Gasteiger partial charge is 0.484 e. The van der Waals surface area contributed by atoms with Crippen LogP contribution in [0.3, 0.4) is 0 Å². The van der Waals surface area contributed by atoms with Crippen LogP contribution in [0.15, 0.2) is 48.8 Å². The summed E-state index contributed by atoms with van der Waals surface area (Å²) in [6.07, 6.45) is -1.06. The summed E-state index contributed by atoms with van der Waals surface area (Å²) in [5, 5.41) is 3.09. The number of carbonyl (C=O) groups is 2. The molecule has 2 aromatic heterocycles. The van der Waals surface area contributed by atoms with Crippen molar-refractivity contribution in [2.75, 3.05) is 6.61 Å². The van der Waals surface area contributed by atoms with E-state index in [0.29, 0.717) is 16.3 Å². The van der Waals surface area contributed by atoms with Crippen LogP contribution in [-0.2, 0) is 17.8 Å². The Kier molecular flexibility index (Phi) is 7.25. The summed E-state index contributed by atoms with van der Waals surface area (Å²) in [6, 6.07) is 8.27. The minimum atomic E-state index is -4.79. The summed E-state index contributed by atoms with van der Waals surface area (Å²) in [4.78, 5) is 32.5. The Labute approximate surface area is 184 Å². The lowest BCUT2D eigenvalue weighted by atomic mass is 10.1. The highest BCUT2D eigenvalue weighted by Crippen LogP contribution is 2.25. The molecule has 0 aliphatic heterocycles. The molecule has 3 rings (SSSR count). The van der Waals surface area contributed by atoms with E-state index in [9.17, 15) is 22.8 Å². The number of hydrogen-bond acceptors (Lipinski definition) is 7. The number of nitrogens with one attached hydrogen (secondary N) is 1. The number of amides is 2.